The lowest BCUT2D eigenvalue weighted by molar-refractivity contribution is -0.385. The van der Waals surface area contributed by atoms with Crippen molar-refractivity contribution in [3.63, 3.8) is 0 Å². The number of nitro benzene ring substituents is 1. The topological polar surface area (TPSA) is 106 Å². The van der Waals surface area contributed by atoms with E-state index < -0.39 is 21.7 Å². The van der Waals surface area contributed by atoms with Crippen LogP contribution < -0.4 is 5.73 Å². The number of benzene rings is 1. The molecule has 20 heavy (non-hydrogen) atoms. The molecule has 8 heteroatoms. The molecule has 6 nitrogen and oxygen atoms in total. The Bertz CT molecular complexity index is 536. The van der Waals surface area contributed by atoms with Crippen molar-refractivity contribution in [3.8, 4) is 0 Å². The first-order valence-electron chi connectivity index (χ1n) is 5.70. The van der Waals surface area contributed by atoms with Crippen LogP contribution in [0.1, 0.15) is 19.4 Å². The minimum absolute atomic E-state index is 0.00608. The predicted molar refractivity (Wildman–Crippen MR) is 81.8 cm³/mol. The van der Waals surface area contributed by atoms with Gasteiger partial charge in [-0.15, -0.1) is 11.8 Å². The molecule has 0 aromatic heterocycles. The summed E-state index contributed by atoms with van der Waals surface area (Å²) in [6, 6.07) is 3.76. The van der Waals surface area contributed by atoms with E-state index in [1.54, 1.807) is 26.0 Å². The summed E-state index contributed by atoms with van der Waals surface area (Å²) >= 11 is 4.47. The number of carbonyl (C=O) groups is 1. The normalized spacial score (nSPS) is 13.0. The molecule has 1 aromatic carbocycles. The van der Waals surface area contributed by atoms with Gasteiger partial charge in [-0.05, 0) is 19.9 Å². The summed E-state index contributed by atoms with van der Waals surface area (Å²) < 4.78 is -0.105. The van der Waals surface area contributed by atoms with Crippen LogP contribution in [0, 0.1) is 10.1 Å². The van der Waals surface area contributed by atoms with Crippen LogP contribution >= 0.6 is 27.7 Å². The largest absolute Gasteiger partial charge is 0.480 e. The summed E-state index contributed by atoms with van der Waals surface area (Å²) in [5.74, 6) is -0.773. The Labute approximate surface area is 129 Å². The van der Waals surface area contributed by atoms with Crippen molar-refractivity contribution in [1.29, 1.82) is 0 Å². The average molecular weight is 363 g/mol. The first kappa shape index (κ1) is 16.9. The van der Waals surface area contributed by atoms with Crippen LogP contribution in [-0.2, 0) is 10.5 Å². The highest BCUT2D eigenvalue weighted by Gasteiger charge is 2.33. The van der Waals surface area contributed by atoms with Crippen molar-refractivity contribution < 1.29 is 14.8 Å². The van der Waals surface area contributed by atoms with Crippen molar-refractivity contribution in [1.82, 2.24) is 0 Å². The first-order valence-corrected chi connectivity index (χ1v) is 7.48. The Hall–Kier alpha value is -1.12. The molecule has 3 N–H and O–H groups in total. The number of nitrogens with zero attached hydrogens (tertiary/aromatic N) is 1. The Morgan fingerprint density at radius 3 is 2.70 bits per heavy atom. The van der Waals surface area contributed by atoms with E-state index in [-0.39, 0.29) is 5.69 Å². The Balaban J connectivity index is 2.90. The highest BCUT2D eigenvalue weighted by atomic mass is 79.9. The van der Waals surface area contributed by atoms with Gasteiger partial charge in [-0.3, -0.25) is 14.9 Å². The summed E-state index contributed by atoms with van der Waals surface area (Å²) in [6.45, 7) is 3.42. The standard InChI is InChI=1S/C12H15BrN2O4S/c1-12(2,10(14)11(16)17)20-6-7-3-4-8(13)5-9(7)15(18)19/h3-5,10H,6,14H2,1-2H3,(H,16,17)/t10-/m1/s1. The van der Waals surface area contributed by atoms with E-state index in [1.807, 2.05) is 0 Å². The van der Waals surface area contributed by atoms with Gasteiger partial charge >= 0.3 is 5.97 Å². The monoisotopic (exact) mass is 362 g/mol. The summed E-state index contributed by atoms with van der Waals surface area (Å²) in [7, 11) is 0. The minimum atomic E-state index is -1.09. The van der Waals surface area contributed by atoms with Crippen LogP contribution in [0.2, 0.25) is 0 Å². The zero-order chi connectivity index (χ0) is 15.5. The van der Waals surface area contributed by atoms with Gasteiger partial charge in [-0.1, -0.05) is 22.0 Å². The second-order valence-electron chi connectivity index (χ2n) is 4.74. The maximum absolute atomic E-state index is 11.0. The third kappa shape index (κ3) is 4.19. The average Bonchev–Trinajstić information content (AvgIpc) is 2.36. The predicted octanol–water partition coefficient (Wildman–Crippen LogP) is 2.78. The quantitative estimate of drug-likeness (QED) is 0.595. The highest BCUT2D eigenvalue weighted by molar-refractivity contribution is 9.10. The van der Waals surface area contributed by atoms with Gasteiger partial charge in [-0.25, -0.2) is 0 Å². The Kier molecular flexibility index (Phi) is 5.55. The van der Waals surface area contributed by atoms with Crippen molar-refractivity contribution in [3.05, 3.63) is 38.3 Å². The zero-order valence-electron chi connectivity index (χ0n) is 11.0. The van der Waals surface area contributed by atoms with Crippen LogP contribution in [0.3, 0.4) is 0 Å². The van der Waals surface area contributed by atoms with Gasteiger partial charge in [0.25, 0.3) is 5.69 Å². The minimum Gasteiger partial charge on any atom is -0.480 e. The number of aliphatic carboxylic acids is 1. The molecule has 0 aliphatic rings. The van der Waals surface area contributed by atoms with Crippen molar-refractivity contribution in [2.45, 2.75) is 30.4 Å². The molecule has 0 fully saturated rings. The molecular formula is C12H15BrN2O4S. The van der Waals surface area contributed by atoms with Gasteiger partial charge in [-0.2, -0.15) is 0 Å². The second kappa shape index (κ2) is 6.55. The molecule has 0 amide bonds. The van der Waals surface area contributed by atoms with E-state index in [9.17, 15) is 14.9 Å². The molecule has 1 rings (SSSR count). The van der Waals surface area contributed by atoms with Gasteiger partial charge in [0, 0.05) is 26.6 Å². The number of carboxylic acids is 1. The van der Waals surface area contributed by atoms with E-state index in [4.69, 9.17) is 10.8 Å². The van der Waals surface area contributed by atoms with Crippen LogP contribution in [0.4, 0.5) is 5.69 Å². The third-order valence-electron chi connectivity index (χ3n) is 2.86. The summed E-state index contributed by atoms with van der Waals surface area (Å²) in [5, 5.41) is 19.9. The van der Waals surface area contributed by atoms with Gasteiger partial charge in [0.05, 0.1) is 4.92 Å². The number of nitro groups is 1. The van der Waals surface area contributed by atoms with Gasteiger partial charge in [0.2, 0.25) is 0 Å². The SMILES string of the molecule is CC(C)(SCc1ccc(Br)cc1[N+](=O)[O-])[C@H](N)C(=O)O. The van der Waals surface area contributed by atoms with Crippen LogP contribution in [0.5, 0.6) is 0 Å². The van der Waals surface area contributed by atoms with E-state index in [0.29, 0.717) is 15.8 Å². The molecule has 1 aromatic rings. The number of nitrogens with two attached hydrogens (primary N) is 1. The van der Waals surface area contributed by atoms with Gasteiger partial charge in [0.1, 0.15) is 6.04 Å². The van der Waals surface area contributed by atoms with E-state index in [0.717, 1.165) is 0 Å². The maximum atomic E-state index is 11.0. The Morgan fingerprint density at radius 2 is 2.20 bits per heavy atom. The number of hydrogen-bond acceptors (Lipinski definition) is 5. The lowest BCUT2D eigenvalue weighted by atomic mass is 10.1. The summed E-state index contributed by atoms with van der Waals surface area (Å²) in [6.07, 6.45) is 0. The molecule has 110 valence electrons. The third-order valence-corrected chi connectivity index (χ3v) is 4.81. The van der Waals surface area contributed by atoms with E-state index >= 15 is 0 Å². The molecular weight excluding hydrogens is 348 g/mol. The molecule has 0 heterocycles. The fraction of sp³-hybridized carbons (Fsp3) is 0.417. The number of rotatable bonds is 6. The fourth-order valence-electron chi connectivity index (χ4n) is 1.48. The lowest BCUT2D eigenvalue weighted by Gasteiger charge is -2.27. The van der Waals surface area contributed by atoms with Crippen LogP contribution in [0.15, 0.2) is 22.7 Å². The molecule has 0 bridgehead atoms. The van der Waals surface area contributed by atoms with Gasteiger partial charge in [0.15, 0.2) is 0 Å². The summed E-state index contributed by atoms with van der Waals surface area (Å²) in [5.41, 5.74) is 6.16. The summed E-state index contributed by atoms with van der Waals surface area (Å²) in [4.78, 5) is 21.5. The molecule has 0 aliphatic heterocycles. The highest BCUT2D eigenvalue weighted by Crippen LogP contribution is 2.34. The maximum Gasteiger partial charge on any atom is 0.321 e. The molecule has 0 saturated carbocycles. The zero-order valence-corrected chi connectivity index (χ0v) is 13.4. The van der Waals surface area contributed by atoms with E-state index in [1.165, 1.54) is 17.8 Å². The van der Waals surface area contributed by atoms with Crippen molar-refractivity contribution >= 4 is 39.3 Å². The van der Waals surface area contributed by atoms with Crippen LogP contribution in [0.25, 0.3) is 0 Å². The molecule has 0 saturated heterocycles. The molecule has 0 radical (unpaired) electrons. The van der Waals surface area contributed by atoms with Gasteiger partial charge < -0.3 is 10.8 Å². The van der Waals surface area contributed by atoms with Crippen molar-refractivity contribution in [2.24, 2.45) is 5.73 Å². The molecule has 0 spiro atoms. The lowest BCUT2D eigenvalue weighted by Crippen LogP contribution is -2.46. The van der Waals surface area contributed by atoms with Crippen molar-refractivity contribution in [2.75, 3.05) is 0 Å². The van der Waals surface area contributed by atoms with E-state index in [2.05, 4.69) is 15.9 Å². The first-order chi connectivity index (χ1) is 9.15. The smallest absolute Gasteiger partial charge is 0.321 e. The molecule has 1 atom stereocenters. The number of halogens is 1. The number of thioether (sulfide) groups is 1. The molecule has 0 unspecified atom stereocenters. The second-order valence-corrected chi connectivity index (χ2v) is 7.28. The number of carboxylic acid groups (broad SMARTS) is 1. The fourth-order valence-corrected chi connectivity index (χ4v) is 2.88. The number of hydrogen-bond donors (Lipinski definition) is 2. The Morgan fingerprint density at radius 1 is 1.60 bits per heavy atom. The van der Waals surface area contributed by atoms with Crippen LogP contribution in [-0.4, -0.2) is 26.8 Å². The molecule has 0 aliphatic carbocycles.